The molecule has 1 heterocycles. The molecule has 0 spiro atoms. The number of aliphatic hydroxyl groups excluding tert-OH is 1. The molecular weight excluding hydrogens is 280 g/mol. The highest BCUT2D eigenvalue weighted by Gasteiger charge is 2.18. The number of rotatable bonds is 5. The van der Waals surface area contributed by atoms with Crippen molar-refractivity contribution in [3.05, 3.63) is 28.3 Å². The first-order valence-electron chi connectivity index (χ1n) is 6.73. The number of hydrogen-bond acceptors (Lipinski definition) is 3. The van der Waals surface area contributed by atoms with Gasteiger partial charge in [0.05, 0.1) is 19.3 Å². The highest BCUT2D eigenvalue weighted by Crippen LogP contribution is 2.32. The fourth-order valence-corrected chi connectivity index (χ4v) is 2.43. The van der Waals surface area contributed by atoms with Crippen molar-refractivity contribution in [2.75, 3.05) is 13.2 Å². The Kier molecular flexibility index (Phi) is 5.09. The maximum Gasteiger partial charge on any atom is 0.315 e. The van der Waals surface area contributed by atoms with E-state index in [2.05, 4.69) is 10.6 Å². The summed E-state index contributed by atoms with van der Waals surface area (Å²) in [7, 11) is 0. The summed E-state index contributed by atoms with van der Waals surface area (Å²) >= 11 is 6.06. The van der Waals surface area contributed by atoms with Gasteiger partial charge < -0.3 is 20.5 Å². The van der Waals surface area contributed by atoms with Gasteiger partial charge in [-0.1, -0.05) is 18.5 Å². The molecule has 0 aromatic heterocycles. The van der Waals surface area contributed by atoms with Crippen molar-refractivity contribution in [2.45, 2.75) is 32.4 Å². The maximum absolute atomic E-state index is 11.7. The van der Waals surface area contributed by atoms with Gasteiger partial charge in [-0.15, -0.1) is 0 Å². The molecule has 1 aliphatic heterocycles. The predicted molar refractivity (Wildman–Crippen MR) is 77.2 cm³/mol. The van der Waals surface area contributed by atoms with Crippen LogP contribution in [0.4, 0.5) is 4.79 Å². The van der Waals surface area contributed by atoms with Crippen molar-refractivity contribution in [1.29, 1.82) is 0 Å². The Morgan fingerprint density at radius 3 is 3.05 bits per heavy atom. The van der Waals surface area contributed by atoms with Crippen LogP contribution in [-0.4, -0.2) is 30.4 Å². The Labute approximate surface area is 123 Å². The van der Waals surface area contributed by atoms with Gasteiger partial charge in [0.1, 0.15) is 5.75 Å². The molecule has 2 amide bonds. The molecule has 20 heavy (non-hydrogen) atoms. The second-order valence-corrected chi connectivity index (χ2v) is 5.20. The summed E-state index contributed by atoms with van der Waals surface area (Å²) in [4.78, 5) is 11.7. The molecule has 0 fully saturated rings. The van der Waals surface area contributed by atoms with Gasteiger partial charge in [-0.25, -0.2) is 4.79 Å². The number of hydrogen-bond donors (Lipinski definition) is 3. The van der Waals surface area contributed by atoms with Crippen molar-refractivity contribution in [1.82, 2.24) is 10.6 Å². The fraction of sp³-hybridized carbons (Fsp3) is 0.500. The standard InChI is InChI=1S/C14H19ClN2O3/c1-2-12(8-18)17-14(19)16-7-10-6-11(15)5-9-3-4-20-13(9)10/h5-6,12,18H,2-4,7-8H2,1H3,(H2,16,17,19)/t12-/m1/s1. The lowest BCUT2D eigenvalue weighted by molar-refractivity contribution is 0.214. The molecule has 6 heteroatoms. The van der Waals surface area contributed by atoms with Gasteiger partial charge >= 0.3 is 6.03 Å². The molecule has 0 bridgehead atoms. The van der Waals surface area contributed by atoms with E-state index < -0.39 is 0 Å². The predicted octanol–water partition coefficient (Wildman–Crippen LogP) is 1.84. The number of nitrogens with one attached hydrogen (secondary N) is 2. The summed E-state index contributed by atoms with van der Waals surface area (Å²) in [5, 5.41) is 15.1. The van der Waals surface area contributed by atoms with Crippen LogP contribution in [0.2, 0.25) is 5.02 Å². The van der Waals surface area contributed by atoms with Gasteiger partial charge in [-0.05, 0) is 24.1 Å². The van der Waals surface area contributed by atoms with E-state index >= 15 is 0 Å². The zero-order valence-corrected chi connectivity index (χ0v) is 12.2. The molecule has 2 rings (SSSR count). The minimum absolute atomic E-state index is 0.0698. The van der Waals surface area contributed by atoms with E-state index in [0.717, 1.165) is 23.3 Å². The number of halogens is 1. The summed E-state index contributed by atoms with van der Waals surface area (Å²) in [6.07, 6.45) is 1.52. The minimum Gasteiger partial charge on any atom is -0.493 e. The SMILES string of the molecule is CC[C@H](CO)NC(=O)NCc1cc(Cl)cc2c1OCC2. The third-order valence-electron chi connectivity index (χ3n) is 3.31. The van der Waals surface area contributed by atoms with E-state index in [9.17, 15) is 4.79 Å². The molecule has 110 valence electrons. The number of carbonyl (C=O) groups excluding carboxylic acids is 1. The number of urea groups is 1. The maximum atomic E-state index is 11.7. The van der Waals surface area contributed by atoms with Crippen molar-refractivity contribution < 1.29 is 14.6 Å². The fourth-order valence-electron chi connectivity index (χ4n) is 2.17. The highest BCUT2D eigenvalue weighted by molar-refractivity contribution is 6.30. The first kappa shape index (κ1) is 14.9. The number of aliphatic hydroxyl groups is 1. The normalized spacial score (nSPS) is 14.3. The van der Waals surface area contributed by atoms with Crippen LogP contribution in [0.3, 0.4) is 0 Å². The van der Waals surface area contributed by atoms with Gasteiger partial charge in [-0.3, -0.25) is 0 Å². The van der Waals surface area contributed by atoms with E-state index in [1.54, 1.807) is 6.07 Å². The third-order valence-corrected chi connectivity index (χ3v) is 3.53. The van der Waals surface area contributed by atoms with Crippen LogP contribution in [0, 0.1) is 0 Å². The van der Waals surface area contributed by atoms with Gasteiger partial charge in [0.2, 0.25) is 0 Å². The molecule has 0 saturated heterocycles. The topological polar surface area (TPSA) is 70.6 Å². The third kappa shape index (κ3) is 3.55. The molecule has 1 aromatic carbocycles. The molecule has 1 aliphatic rings. The number of benzene rings is 1. The number of carbonyl (C=O) groups is 1. The number of amides is 2. The zero-order valence-electron chi connectivity index (χ0n) is 11.4. The quantitative estimate of drug-likeness (QED) is 0.777. The zero-order chi connectivity index (χ0) is 14.5. The van der Waals surface area contributed by atoms with Crippen LogP contribution < -0.4 is 15.4 Å². The molecule has 0 saturated carbocycles. The summed E-state index contributed by atoms with van der Waals surface area (Å²) in [5.74, 6) is 0.823. The molecule has 5 nitrogen and oxygen atoms in total. The Hall–Kier alpha value is -1.46. The molecule has 3 N–H and O–H groups in total. The second-order valence-electron chi connectivity index (χ2n) is 4.77. The summed E-state index contributed by atoms with van der Waals surface area (Å²) in [5.41, 5.74) is 1.95. The largest absolute Gasteiger partial charge is 0.493 e. The average molecular weight is 299 g/mol. The molecule has 0 aliphatic carbocycles. The molecular formula is C14H19ClN2O3. The van der Waals surface area contributed by atoms with Crippen LogP contribution in [0.5, 0.6) is 5.75 Å². The van der Waals surface area contributed by atoms with Gasteiger partial charge in [0, 0.05) is 23.6 Å². The Bertz CT molecular complexity index is 490. The average Bonchev–Trinajstić information content (AvgIpc) is 2.90. The van der Waals surface area contributed by atoms with Crippen LogP contribution in [0.15, 0.2) is 12.1 Å². The molecule has 1 aromatic rings. The summed E-state index contributed by atoms with van der Waals surface area (Å²) in [6.45, 7) is 2.83. The first-order valence-corrected chi connectivity index (χ1v) is 7.11. The lowest BCUT2D eigenvalue weighted by Gasteiger charge is -2.15. The smallest absolute Gasteiger partial charge is 0.315 e. The summed E-state index contributed by atoms with van der Waals surface area (Å²) in [6, 6.07) is 3.16. The molecule has 0 unspecified atom stereocenters. The Morgan fingerprint density at radius 2 is 2.35 bits per heavy atom. The van der Waals surface area contributed by atoms with Crippen LogP contribution in [0.1, 0.15) is 24.5 Å². The first-order chi connectivity index (χ1) is 9.63. The summed E-state index contributed by atoms with van der Waals surface area (Å²) < 4.78 is 5.57. The molecule has 1 atom stereocenters. The van der Waals surface area contributed by atoms with Crippen molar-refractivity contribution >= 4 is 17.6 Å². The second kappa shape index (κ2) is 6.81. The van der Waals surface area contributed by atoms with Crippen molar-refractivity contribution in [3.63, 3.8) is 0 Å². The van der Waals surface area contributed by atoms with Crippen molar-refractivity contribution in [3.8, 4) is 5.75 Å². The number of ether oxygens (including phenoxy) is 1. The van der Waals surface area contributed by atoms with E-state index in [0.29, 0.717) is 24.6 Å². The highest BCUT2D eigenvalue weighted by atomic mass is 35.5. The van der Waals surface area contributed by atoms with Crippen LogP contribution in [0.25, 0.3) is 0 Å². The molecule has 0 radical (unpaired) electrons. The number of fused-ring (bicyclic) bond motifs is 1. The van der Waals surface area contributed by atoms with Crippen LogP contribution >= 0.6 is 11.6 Å². The van der Waals surface area contributed by atoms with Gasteiger partial charge in [-0.2, -0.15) is 0 Å². The Balaban J connectivity index is 1.96. The lowest BCUT2D eigenvalue weighted by Crippen LogP contribution is -2.43. The van der Waals surface area contributed by atoms with Crippen molar-refractivity contribution in [2.24, 2.45) is 0 Å². The lowest BCUT2D eigenvalue weighted by atomic mass is 10.1. The van der Waals surface area contributed by atoms with E-state index in [4.69, 9.17) is 21.4 Å². The minimum atomic E-state index is -0.308. The van der Waals surface area contributed by atoms with E-state index in [1.165, 1.54) is 0 Å². The van der Waals surface area contributed by atoms with Gasteiger partial charge in [0.25, 0.3) is 0 Å². The van der Waals surface area contributed by atoms with E-state index in [-0.39, 0.29) is 18.7 Å². The van der Waals surface area contributed by atoms with Gasteiger partial charge in [0.15, 0.2) is 0 Å². The van der Waals surface area contributed by atoms with E-state index in [1.807, 2.05) is 13.0 Å². The van der Waals surface area contributed by atoms with Crippen LogP contribution in [-0.2, 0) is 13.0 Å². The Morgan fingerprint density at radius 1 is 1.55 bits per heavy atom. The monoisotopic (exact) mass is 298 g/mol.